The van der Waals surface area contributed by atoms with Crippen molar-refractivity contribution in [1.29, 1.82) is 0 Å². The number of ether oxygens (including phenoxy) is 1. The predicted octanol–water partition coefficient (Wildman–Crippen LogP) is 19.6. The van der Waals surface area contributed by atoms with Gasteiger partial charge in [0.25, 0.3) is 0 Å². The first-order valence-electron chi connectivity index (χ1n) is 31.2. The third-order valence-electron chi connectivity index (χ3n) is 14.4. The van der Waals surface area contributed by atoms with Gasteiger partial charge in [-0.05, 0) is 83.5 Å². The van der Waals surface area contributed by atoms with Crippen LogP contribution in [0.2, 0.25) is 0 Å². The first-order valence-corrected chi connectivity index (χ1v) is 31.2. The number of carbonyl (C=O) groups excluding carboxylic acids is 2. The van der Waals surface area contributed by atoms with Crippen molar-refractivity contribution in [2.24, 2.45) is 0 Å². The Hall–Kier alpha value is -1.92. The van der Waals surface area contributed by atoms with Gasteiger partial charge in [0.15, 0.2) is 0 Å². The van der Waals surface area contributed by atoms with Crippen molar-refractivity contribution in [1.82, 2.24) is 5.32 Å². The molecule has 0 spiro atoms. The molecule has 0 radical (unpaired) electrons. The van der Waals surface area contributed by atoms with Crippen LogP contribution in [0.4, 0.5) is 0 Å². The molecule has 3 atom stereocenters. The lowest BCUT2D eigenvalue weighted by atomic mass is 10.0. The van der Waals surface area contributed by atoms with E-state index in [1.165, 1.54) is 225 Å². The Bertz CT molecular complexity index is 1150. The van der Waals surface area contributed by atoms with E-state index < -0.39 is 18.2 Å². The summed E-state index contributed by atoms with van der Waals surface area (Å²) in [5.74, 6) is -0.476. The highest BCUT2D eigenvalue weighted by Gasteiger charge is 2.24. The number of aliphatic hydroxyl groups is 2. The minimum absolute atomic E-state index is 0.0689. The SMILES string of the molecule is CCCCC/C=C\C/C=C\CCCCCCCCCCCC(=O)OC(CCCCC/C=C/CCCCCCCCCCC)CC(=O)NC(CO)C(O)CCCCCCCCCCCCCCCCCC. The van der Waals surface area contributed by atoms with Crippen molar-refractivity contribution >= 4 is 11.9 Å². The molecule has 0 aliphatic carbocycles. The average Bonchev–Trinajstić information content (AvgIpc) is 3.35. The number of allylic oxidation sites excluding steroid dienone is 6. The number of esters is 1. The lowest BCUT2D eigenvalue weighted by Gasteiger charge is -2.24. The second kappa shape index (κ2) is 58.0. The van der Waals surface area contributed by atoms with E-state index in [4.69, 9.17) is 4.74 Å². The summed E-state index contributed by atoms with van der Waals surface area (Å²) in [6, 6.07) is -0.706. The van der Waals surface area contributed by atoms with Crippen molar-refractivity contribution < 1.29 is 24.5 Å². The number of hydrogen-bond acceptors (Lipinski definition) is 5. The molecule has 0 aromatic heterocycles. The van der Waals surface area contributed by atoms with E-state index in [1.54, 1.807) is 0 Å². The first kappa shape index (κ1) is 68.1. The van der Waals surface area contributed by atoms with Crippen LogP contribution in [0.25, 0.3) is 0 Å². The second-order valence-electron chi connectivity index (χ2n) is 21.5. The van der Waals surface area contributed by atoms with Crippen LogP contribution >= 0.6 is 0 Å². The van der Waals surface area contributed by atoms with Gasteiger partial charge in [0.1, 0.15) is 6.10 Å². The molecule has 3 N–H and O–H groups in total. The lowest BCUT2D eigenvalue weighted by molar-refractivity contribution is -0.151. The van der Waals surface area contributed by atoms with Gasteiger partial charge in [-0.15, -0.1) is 0 Å². The molecule has 0 aromatic rings. The Morgan fingerprint density at radius 3 is 1.14 bits per heavy atom. The minimum atomic E-state index is -0.792. The molecule has 0 aromatic carbocycles. The Morgan fingerprint density at radius 1 is 0.414 bits per heavy atom. The summed E-state index contributed by atoms with van der Waals surface area (Å²) in [6.07, 6.45) is 70.7. The van der Waals surface area contributed by atoms with E-state index >= 15 is 0 Å². The van der Waals surface area contributed by atoms with E-state index in [-0.39, 0.29) is 24.9 Å². The molecular formula is C64H121NO5. The smallest absolute Gasteiger partial charge is 0.306 e. The van der Waals surface area contributed by atoms with Crippen LogP contribution in [-0.2, 0) is 14.3 Å². The quantitative estimate of drug-likeness (QED) is 0.0321. The summed E-state index contributed by atoms with van der Waals surface area (Å²) in [5.41, 5.74) is 0. The molecule has 6 nitrogen and oxygen atoms in total. The van der Waals surface area contributed by atoms with Gasteiger partial charge in [-0.2, -0.15) is 0 Å². The van der Waals surface area contributed by atoms with Gasteiger partial charge >= 0.3 is 5.97 Å². The molecule has 70 heavy (non-hydrogen) atoms. The van der Waals surface area contributed by atoms with Crippen LogP contribution in [0, 0.1) is 0 Å². The largest absolute Gasteiger partial charge is 0.462 e. The molecule has 0 aliphatic heterocycles. The maximum absolute atomic E-state index is 13.3. The molecule has 0 rings (SSSR count). The van der Waals surface area contributed by atoms with Crippen molar-refractivity contribution in [3.8, 4) is 0 Å². The number of carbonyl (C=O) groups is 2. The highest BCUT2D eigenvalue weighted by Crippen LogP contribution is 2.19. The number of hydrogen-bond donors (Lipinski definition) is 3. The van der Waals surface area contributed by atoms with Crippen LogP contribution in [0.3, 0.4) is 0 Å². The van der Waals surface area contributed by atoms with Crippen LogP contribution in [0.5, 0.6) is 0 Å². The van der Waals surface area contributed by atoms with Gasteiger partial charge < -0.3 is 20.3 Å². The fraction of sp³-hybridized carbons (Fsp3) is 0.875. The Balaban J connectivity index is 4.53. The van der Waals surface area contributed by atoms with E-state index in [1.807, 2.05) is 0 Å². The Kier molecular flexibility index (Phi) is 56.4. The average molecular weight is 985 g/mol. The number of rotatable bonds is 57. The maximum Gasteiger partial charge on any atom is 0.306 e. The monoisotopic (exact) mass is 984 g/mol. The van der Waals surface area contributed by atoms with Crippen LogP contribution in [-0.4, -0.2) is 46.9 Å². The van der Waals surface area contributed by atoms with Crippen molar-refractivity contribution in [2.75, 3.05) is 6.61 Å². The summed E-state index contributed by atoms with van der Waals surface area (Å²) in [4.78, 5) is 26.4. The molecule has 3 unspecified atom stereocenters. The molecule has 0 saturated carbocycles. The zero-order chi connectivity index (χ0) is 50.9. The number of unbranched alkanes of at least 4 members (excludes halogenated alkanes) is 39. The van der Waals surface area contributed by atoms with Gasteiger partial charge in [-0.25, -0.2) is 0 Å². The summed E-state index contributed by atoms with van der Waals surface area (Å²) < 4.78 is 5.97. The third kappa shape index (κ3) is 52.4. The zero-order valence-corrected chi connectivity index (χ0v) is 47.2. The van der Waals surface area contributed by atoms with Gasteiger partial charge in [0.05, 0.1) is 25.2 Å². The summed E-state index contributed by atoms with van der Waals surface area (Å²) >= 11 is 0. The van der Waals surface area contributed by atoms with Crippen molar-refractivity contribution in [3.63, 3.8) is 0 Å². The summed E-state index contributed by atoms with van der Waals surface area (Å²) in [6.45, 7) is 6.50. The van der Waals surface area contributed by atoms with Crippen LogP contribution in [0.15, 0.2) is 36.5 Å². The molecular weight excluding hydrogens is 863 g/mol. The molecule has 0 saturated heterocycles. The second-order valence-corrected chi connectivity index (χ2v) is 21.5. The molecule has 412 valence electrons. The molecule has 0 bridgehead atoms. The highest BCUT2D eigenvalue weighted by atomic mass is 16.5. The van der Waals surface area contributed by atoms with Gasteiger partial charge in [0, 0.05) is 6.42 Å². The number of nitrogens with one attached hydrogen (secondary N) is 1. The van der Waals surface area contributed by atoms with Gasteiger partial charge in [-0.1, -0.05) is 276 Å². The first-order chi connectivity index (χ1) is 34.5. The Labute approximate surface area is 436 Å². The highest BCUT2D eigenvalue weighted by molar-refractivity contribution is 5.77. The Morgan fingerprint density at radius 2 is 0.729 bits per heavy atom. The number of amides is 1. The predicted molar refractivity (Wildman–Crippen MR) is 306 cm³/mol. The van der Waals surface area contributed by atoms with E-state index in [9.17, 15) is 19.8 Å². The zero-order valence-electron chi connectivity index (χ0n) is 47.2. The summed E-state index contributed by atoms with van der Waals surface area (Å²) in [5, 5.41) is 24.0. The fourth-order valence-electron chi connectivity index (χ4n) is 9.69. The molecule has 6 heteroatoms. The van der Waals surface area contributed by atoms with Crippen molar-refractivity contribution in [3.05, 3.63) is 36.5 Å². The fourth-order valence-corrected chi connectivity index (χ4v) is 9.69. The summed E-state index contributed by atoms with van der Waals surface area (Å²) in [7, 11) is 0. The normalized spacial score (nSPS) is 13.3. The standard InChI is InChI=1S/C64H121NO5/c1-4-7-10-13-16-19-22-25-28-31-32-33-36-39-42-45-48-51-54-57-64(69)70-60(55-52-49-46-43-40-37-34-29-26-23-20-17-14-11-8-5-2)58-63(68)65-61(59-66)62(67)56-53-50-47-44-41-38-35-30-27-24-21-18-15-12-9-6-3/h16,19,25,28,37,40,60-62,66-67H,4-15,17-18,20-24,26-27,29-36,38-39,41-59H2,1-3H3,(H,65,68)/b19-16-,28-25-,40-37+. The third-order valence-corrected chi connectivity index (χ3v) is 14.4. The molecule has 0 fully saturated rings. The number of aliphatic hydroxyl groups excluding tert-OH is 2. The van der Waals surface area contributed by atoms with Crippen LogP contribution < -0.4 is 5.32 Å². The molecule has 0 aliphatic rings. The molecule has 1 amide bonds. The minimum Gasteiger partial charge on any atom is -0.462 e. The van der Waals surface area contributed by atoms with Gasteiger partial charge in [0.2, 0.25) is 5.91 Å². The molecule has 0 heterocycles. The van der Waals surface area contributed by atoms with E-state index in [0.29, 0.717) is 19.3 Å². The van der Waals surface area contributed by atoms with Gasteiger partial charge in [-0.3, -0.25) is 9.59 Å². The van der Waals surface area contributed by atoms with E-state index in [2.05, 4.69) is 62.5 Å². The van der Waals surface area contributed by atoms with Crippen molar-refractivity contribution in [2.45, 2.75) is 354 Å². The topological polar surface area (TPSA) is 95.9 Å². The van der Waals surface area contributed by atoms with E-state index in [0.717, 1.165) is 64.2 Å². The lowest BCUT2D eigenvalue weighted by Crippen LogP contribution is -2.46. The maximum atomic E-state index is 13.3. The van der Waals surface area contributed by atoms with Crippen LogP contribution in [0.1, 0.15) is 335 Å².